The van der Waals surface area contributed by atoms with Crippen molar-refractivity contribution in [2.24, 2.45) is 0 Å². The minimum absolute atomic E-state index is 0.248. The van der Waals surface area contributed by atoms with Gasteiger partial charge in [-0.05, 0) is 36.8 Å². The molecule has 0 amide bonds. The van der Waals surface area contributed by atoms with Gasteiger partial charge in [0.2, 0.25) is 0 Å². The second-order valence-electron chi connectivity index (χ2n) is 5.61. The van der Waals surface area contributed by atoms with Gasteiger partial charge in [0.05, 0.1) is 11.4 Å². The number of halogens is 1. The van der Waals surface area contributed by atoms with E-state index in [4.69, 9.17) is 11.6 Å². The number of rotatable bonds is 2. The second-order valence-corrected chi connectivity index (χ2v) is 5.97. The molecule has 1 aliphatic rings. The fraction of sp³-hybridized carbons (Fsp3) is 0.438. The van der Waals surface area contributed by atoms with Crippen LogP contribution in [0.4, 0.5) is 0 Å². The maximum atomic E-state index is 6.30. The molecule has 0 saturated carbocycles. The van der Waals surface area contributed by atoms with Gasteiger partial charge in [0, 0.05) is 17.7 Å². The molecule has 0 radical (unpaired) electrons. The summed E-state index contributed by atoms with van der Waals surface area (Å²) in [6.45, 7) is 4.27. The Labute approximate surface area is 124 Å². The van der Waals surface area contributed by atoms with Gasteiger partial charge in [0.25, 0.3) is 0 Å². The first-order chi connectivity index (χ1) is 9.68. The van der Waals surface area contributed by atoms with Crippen molar-refractivity contribution in [1.82, 2.24) is 15.0 Å². The second kappa shape index (κ2) is 5.49. The Morgan fingerprint density at radius 2 is 2.05 bits per heavy atom. The molecule has 3 rings (SSSR count). The van der Waals surface area contributed by atoms with Crippen molar-refractivity contribution in [2.75, 3.05) is 0 Å². The molecule has 0 bridgehead atoms. The first-order valence-electron chi connectivity index (χ1n) is 7.12. The number of hydrogen-bond donors (Lipinski definition) is 0. The van der Waals surface area contributed by atoms with Crippen LogP contribution in [0.25, 0.3) is 0 Å². The molecule has 104 valence electrons. The Morgan fingerprint density at radius 1 is 1.20 bits per heavy atom. The third-order valence-electron chi connectivity index (χ3n) is 3.97. The van der Waals surface area contributed by atoms with Crippen LogP contribution in [0.5, 0.6) is 0 Å². The molecular weight excluding hydrogens is 270 g/mol. The highest BCUT2D eigenvalue weighted by Gasteiger charge is 2.28. The number of hydrogen-bond acceptors (Lipinski definition) is 3. The Balaban J connectivity index is 2.14. The molecule has 4 heteroatoms. The summed E-state index contributed by atoms with van der Waals surface area (Å²) >= 11 is 6.30. The van der Waals surface area contributed by atoms with Gasteiger partial charge in [-0.1, -0.05) is 31.5 Å². The van der Waals surface area contributed by atoms with Crippen molar-refractivity contribution in [3.63, 3.8) is 0 Å². The Hall–Kier alpha value is -1.48. The zero-order valence-corrected chi connectivity index (χ0v) is 12.6. The third-order valence-corrected chi connectivity index (χ3v) is 4.27. The van der Waals surface area contributed by atoms with Crippen LogP contribution in [0, 0.1) is 0 Å². The van der Waals surface area contributed by atoms with E-state index in [-0.39, 0.29) is 5.92 Å². The minimum Gasteiger partial charge on any atom is -0.260 e. The van der Waals surface area contributed by atoms with E-state index in [1.807, 2.05) is 12.3 Å². The van der Waals surface area contributed by atoms with Crippen LogP contribution in [0.3, 0.4) is 0 Å². The van der Waals surface area contributed by atoms with Gasteiger partial charge in [-0.2, -0.15) is 0 Å². The molecule has 0 N–H and O–H groups in total. The van der Waals surface area contributed by atoms with Crippen molar-refractivity contribution in [3.8, 4) is 0 Å². The summed E-state index contributed by atoms with van der Waals surface area (Å²) in [7, 11) is 0. The van der Waals surface area contributed by atoms with E-state index in [0.717, 1.165) is 29.8 Å². The molecule has 2 aromatic rings. The fourth-order valence-electron chi connectivity index (χ4n) is 3.07. The van der Waals surface area contributed by atoms with E-state index in [1.165, 1.54) is 12.0 Å². The molecule has 2 aromatic heterocycles. The molecule has 0 spiro atoms. The highest BCUT2D eigenvalue weighted by molar-refractivity contribution is 6.30. The average Bonchev–Trinajstić information content (AvgIpc) is 2.46. The highest BCUT2D eigenvalue weighted by atomic mass is 35.5. The van der Waals surface area contributed by atoms with Crippen molar-refractivity contribution in [1.29, 1.82) is 0 Å². The van der Waals surface area contributed by atoms with Crippen LogP contribution < -0.4 is 0 Å². The predicted octanol–water partition coefficient (Wildman–Crippen LogP) is 4.12. The van der Waals surface area contributed by atoms with Crippen molar-refractivity contribution in [2.45, 2.75) is 44.9 Å². The fourth-order valence-corrected chi connectivity index (χ4v) is 3.43. The summed E-state index contributed by atoms with van der Waals surface area (Å²) in [6.07, 6.45) is 6.80. The predicted molar refractivity (Wildman–Crippen MR) is 80.1 cm³/mol. The van der Waals surface area contributed by atoms with Gasteiger partial charge in [0.15, 0.2) is 0 Å². The lowest BCUT2D eigenvalue weighted by atomic mass is 9.82. The van der Waals surface area contributed by atoms with Crippen LogP contribution >= 0.6 is 11.6 Å². The van der Waals surface area contributed by atoms with Crippen LogP contribution in [-0.2, 0) is 6.42 Å². The number of nitrogens with zero attached hydrogens (tertiary/aromatic N) is 3. The molecule has 0 saturated heterocycles. The van der Waals surface area contributed by atoms with E-state index >= 15 is 0 Å². The first-order valence-corrected chi connectivity index (χ1v) is 7.50. The quantitative estimate of drug-likeness (QED) is 0.780. The van der Waals surface area contributed by atoms with E-state index in [9.17, 15) is 0 Å². The molecule has 3 nitrogen and oxygen atoms in total. The Morgan fingerprint density at radius 3 is 2.85 bits per heavy atom. The smallest absolute Gasteiger partial charge is 0.136 e. The summed E-state index contributed by atoms with van der Waals surface area (Å²) < 4.78 is 0. The minimum atomic E-state index is 0.248. The third kappa shape index (κ3) is 2.31. The molecule has 0 fully saturated rings. The monoisotopic (exact) mass is 287 g/mol. The summed E-state index contributed by atoms with van der Waals surface area (Å²) in [5, 5.41) is 0.577. The normalized spacial score (nSPS) is 18.1. The first kappa shape index (κ1) is 13.5. The number of aromatic nitrogens is 3. The summed E-state index contributed by atoms with van der Waals surface area (Å²) in [4.78, 5) is 13.3. The summed E-state index contributed by atoms with van der Waals surface area (Å²) in [5.74, 6) is 0.561. The van der Waals surface area contributed by atoms with E-state index in [2.05, 4.69) is 34.9 Å². The number of fused-ring (bicyclic) bond motifs is 1. The van der Waals surface area contributed by atoms with Crippen molar-refractivity contribution >= 4 is 11.6 Å². The lowest BCUT2D eigenvalue weighted by Gasteiger charge is -2.26. The van der Waals surface area contributed by atoms with Crippen molar-refractivity contribution < 1.29 is 0 Å². The van der Waals surface area contributed by atoms with Gasteiger partial charge in [-0.15, -0.1) is 0 Å². The molecule has 20 heavy (non-hydrogen) atoms. The highest BCUT2D eigenvalue weighted by Crippen LogP contribution is 2.38. The van der Waals surface area contributed by atoms with Crippen LogP contribution in [0.1, 0.15) is 61.0 Å². The number of aryl methyl sites for hydroxylation is 1. The molecule has 2 heterocycles. The molecule has 1 aliphatic carbocycles. The van der Waals surface area contributed by atoms with Gasteiger partial charge in [-0.25, -0.2) is 9.97 Å². The Kier molecular flexibility index (Phi) is 3.70. The molecule has 1 unspecified atom stereocenters. The average molecular weight is 288 g/mol. The van der Waals surface area contributed by atoms with E-state index in [1.54, 1.807) is 6.33 Å². The van der Waals surface area contributed by atoms with Gasteiger partial charge in [0.1, 0.15) is 11.5 Å². The Bertz CT molecular complexity index is 625. The molecular formula is C16H18ClN3. The lowest BCUT2D eigenvalue weighted by molar-refractivity contribution is 0.577. The molecule has 1 atom stereocenters. The van der Waals surface area contributed by atoms with Crippen molar-refractivity contribution in [3.05, 3.63) is 52.3 Å². The van der Waals surface area contributed by atoms with E-state index in [0.29, 0.717) is 11.1 Å². The maximum Gasteiger partial charge on any atom is 0.136 e. The standard InChI is InChI=1S/C16H18ClN3/c1-10(2)13-15(19-9-20-16(13)17)12-7-3-5-11-6-4-8-18-14(11)12/h4,6,8-10,12H,3,5,7H2,1-2H3. The topological polar surface area (TPSA) is 38.7 Å². The SMILES string of the molecule is CC(C)c1c(Cl)ncnc1C1CCCc2cccnc21. The van der Waals surface area contributed by atoms with Gasteiger partial charge in [-0.3, -0.25) is 4.98 Å². The van der Waals surface area contributed by atoms with Crippen LogP contribution in [0.2, 0.25) is 5.15 Å². The molecule has 0 aromatic carbocycles. The largest absolute Gasteiger partial charge is 0.260 e. The summed E-state index contributed by atoms with van der Waals surface area (Å²) in [5.41, 5.74) is 4.63. The molecule has 0 aliphatic heterocycles. The maximum absolute atomic E-state index is 6.30. The zero-order valence-electron chi connectivity index (χ0n) is 11.8. The summed E-state index contributed by atoms with van der Waals surface area (Å²) in [6, 6.07) is 4.18. The number of pyridine rings is 1. The van der Waals surface area contributed by atoms with Gasteiger partial charge >= 0.3 is 0 Å². The zero-order chi connectivity index (χ0) is 14.1. The lowest BCUT2D eigenvalue weighted by Crippen LogP contribution is -2.17. The van der Waals surface area contributed by atoms with Crippen LogP contribution in [0.15, 0.2) is 24.7 Å². The van der Waals surface area contributed by atoms with Crippen LogP contribution in [-0.4, -0.2) is 15.0 Å². The van der Waals surface area contributed by atoms with E-state index < -0.39 is 0 Å². The van der Waals surface area contributed by atoms with Gasteiger partial charge < -0.3 is 0 Å².